The summed E-state index contributed by atoms with van der Waals surface area (Å²) in [6, 6.07) is 3.29. The summed E-state index contributed by atoms with van der Waals surface area (Å²) in [5.41, 5.74) is -5.04. The van der Waals surface area contributed by atoms with Crippen LogP contribution in [0.5, 0.6) is 11.5 Å². The standard InChI is InChI=1S/C31H17F11O2/c1-2-3-6-43-17-11-24(36)29(25(37)12-17)31(41,42)44-18-13-20(32)19(21(33)14-18)5-4-15-7-22(34)28(23(35)8-15)16-9-26(38)30(40)27(39)10-16/h7-14H,2-3,6H2,1H3. The van der Waals surface area contributed by atoms with Crippen molar-refractivity contribution in [3.63, 3.8) is 0 Å². The smallest absolute Gasteiger partial charge is 0.432 e. The molecule has 0 unspecified atom stereocenters. The van der Waals surface area contributed by atoms with E-state index in [1.807, 2.05) is 18.8 Å². The molecule has 4 aromatic rings. The Hall–Kier alpha value is -4.73. The predicted octanol–water partition coefficient (Wildman–Crippen LogP) is 9.31. The molecule has 0 N–H and O–H groups in total. The summed E-state index contributed by atoms with van der Waals surface area (Å²) in [5.74, 6) is -12.3. The number of unbranched alkanes of at least 4 members (excludes halogenated alkanes) is 1. The Morgan fingerprint density at radius 1 is 0.614 bits per heavy atom. The first-order valence-corrected chi connectivity index (χ1v) is 12.6. The normalized spacial score (nSPS) is 11.3. The second kappa shape index (κ2) is 12.9. The highest BCUT2D eigenvalue weighted by molar-refractivity contribution is 5.66. The molecule has 0 saturated carbocycles. The number of halogens is 11. The fourth-order valence-electron chi connectivity index (χ4n) is 3.93. The molecule has 0 heterocycles. The van der Waals surface area contributed by atoms with Crippen LogP contribution in [-0.2, 0) is 6.11 Å². The van der Waals surface area contributed by atoms with Gasteiger partial charge < -0.3 is 9.47 Å². The minimum atomic E-state index is -4.74. The molecule has 0 atom stereocenters. The zero-order valence-electron chi connectivity index (χ0n) is 22.2. The van der Waals surface area contributed by atoms with Crippen LogP contribution in [0.1, 0.15) is 36.5 Å². The maximum Gasteiger partial charge on any atom is 0.432 e. The van der Waals surface area contributed by atoms with Crippen LogP contribution in [0, 0.1) is 64.2 Å². The van der Waals surface area contributed by atoms with E-state index < -0.39 is 92.0 Å². The van der Waals surface area contributed by atoms with Gasteiger partial charge >= 0.3 is 6.11 Å². The average molecular weight is 630 g/mol. The lowest BCUT2D eigenvalue weighted by atomic mass is 10.0. The van der Waals surface area contributed by atoms with Gasteiger partial charge in [-0.25, -0.2) is 39.5 Å². The maximum atomic E-state index is 14.7. The van der Waals surface area contributed by atoms with Crippen molar-refractivity contribution in [3.8, 4) is 34.5 Å². The summed E-state index contributed by atoms with van der Waals surface area (Å²) in [7, 11) is 0. The van der Waals surface area contributed by atoms with E-state index in [9.17, 15) is 48.3 Å². The number of benzene rings is 4. The van der Waals surface area contributed by atoms with E-state index in [4.69, 9.17) is 4.74 Å². The third-order valence-corrected chi connectivity index (χ3v) is 5.98. The van der Waals surface area contributed by atoms with Gasteiger partial charge in [0, 0.05) is 29.8 Å². The molecule has 0 fully saturated rings. The van der Waals surface area contributed by atoms with Crippen molar-refractivity contribution in [2.75, 3.05) is 6.61 Å². The summed E-state index contributed by atoms with van der Waals surface area (Å²) >= 11 is 0. The number of ether oxygens (including phenoxy) is 2. The van der Waals surface area contributed by atoms with Gasteiger partial charge in [0.05, 0.1) is 17.7 Å². The van der Waals surface area contributed by atoms with Gasteiger partial charge in [0.1, 0.15) is 52.0 Å². The Bertz CT molecular complexity index is 1700. The zero-order valence-corrected chi connectivity index (χ0v) is 22.2. The topological polar surface area (TPSA) is 18.5 Å². The first-order chi connectivity index (χ1) is 20.7. The van der Waals surface area contributed by atoms with Gasteiger partial charge in [-0.15, -0.1) is 0 Å². The van der Waals surface area contributed by atoms with Gasteiger partial charge in [-0.2, -0.15) is 8.78 Å². The Labute approximate surface area is 242 Å². The lowest BCUT2D eigenvalue weighted by molar-refractivity contribution is -0.189. The van der Waals surface area contributed by atoms with E-state index in [1.165, 1.54) is 0 Å². The van der Waals surface area contributed by atoms with Crippen molar-refractivity contribution in [3.05, 3.63) is 118 Å². The largest absolute Gasteiger partial charge is 0.493 e. The molecule has 0 radical (unpaired) electrons. The van der Waals surface area contributed by atoms with Gasteiger partial charge in [0.2, 0.25) is 0 Å². The molecule has 44 heavy (non-hydrogen) atoms. The minimum absolute atomic E-state index is 0.0725. The first-order valence-electron chi connectivity index (χ1n) is 12.6. The highest BCUT2D eigenvalue weighted by Crippen LogP contribution is 2.37. The molecule has 0 bridgehead atoms. The summed E-state index contributed by atoms with van der Waals surface area (Å²) in [4.78, 5) is 0. The Balaban J connectivity index is 1.59. The minimum Gasteiger partial charge on any atom is -0.493 e. The van der Waals surface area contributed by atoms with Gasteiger partial charge in [-0.3, -0.25) is 0 Å². The molecule has 0 spiro atoms. The monoisotopic (exact) mass is 630 g/mol. The molecule has 230 valence electrons. The molecular formula is C31H17F11O2. The van der Waals surface area contributed by atoms with Crippen molar-refractivity contribution < 1.29 is 57.8 Å². The molecule has 2 nitrogen and oxygen atoms in total. The fourth-order valence-corrected chi connectivity index (χ4v) is 3.93. The van der Waals surface area contributed by atoms with Crippen LogP contribution < -0.4 is 9.47 Å². The molecule has 4 aromatic carbocycles. The van der Waals surface area contributed by atoms with E-state index in [-0.39, 0.29) is 24.5 Å². The molecule has 0 aromatic heterocycles. The fraction of sp³-hybridized carbons (Fsp3) is 0.161. The quantitative estimate of drug-likeness (QED) is 0.0837. The molecule has 13 heteroatoms. The lowest BCUT2D eigenvalue weighted by Gasteiger charge is -2.20. The summed E-state index contributed by atoms with van der Waals surface area (Å²) in [6.07, 6.45) is -3.51. The van der Waals surface area contributed by atoms with Crippen molar-refractivity contribution >= 4 is 0 Å². The number of hydrogen-bond donors (Lipinski definition) is 0. The molecule has 0 aliphatic heterocycles. The Kier molecular flexibility index (Phi) is 9.42. The van der Waals surface area contributed by atoms with Gasteiger partial charge in [0.25, 0.3) is 0 Å². The van der Waals surface area contributed by atoms with Crippen molar-refractivity contribution in [2.24, 2.45) is 0 Å². The predicted molar refractivity (Wildman–Crippen MR) is 135 cm³/mol. The van der Waals surface area contributed by atoms with Crippen LogP contribution in [0.4, 0.5) is 48.3 Å². The molecule has 0 amide bonds. The molecule has 0 aliphatic rings. The number of rotatable bonds is 8. The SMILES string of the molecule is CCCCOc1cc(F)c(C(F)(F)Oc2cc(F)c(C#Cc3cc(F)c(-c4cc(F)c(F)c(F)c4)c(F)c3)c(F)c2)c(F)c1. The lowest BCUT2D eigenvalue weighted by Crippen LogP contribution is -2.25. The third kappa shape index (κ3) is 6.90. The van der Waals surface area contributed by atoms with Crippen LogP contribution >= 0.6 is 0 Å². The molecule has 0 saturated heterocycles. The maximum absolute atomic E-state index is 14.7. The van der Waals surface area contributed by atoms with Crippen molar-refractivity contribution in [1.29, 1.82) is 0 Å². The Morgan fingerprint density at radius 3 is 1.66 bits per heavy atom. The van der Waals surface area contributed by atoms with Crippen LogP contribution in [0.15, 0.2) is 48.5 Å². The van der Waals surface area contributed by atoms with Crippen LogP contribution in [0.2, 0.25) is 0 Å². The van der Waals surface area contributed by atoms with Crippen molar-refractivity contribution in [1.82, 2.24) is 0 Å². The number of hydrogen-bond acceptors (Lipinski definition) is 2. The van der Waals surface area contributed by atoms with Gasteiger partial charge in [-0.1, -0.05) is 25.2 Å². The molecule has 0 aliphatic carbocycles. The summed E-state index contributed by atoms with van der Waals surface area (Å²) < 4.78 is 166. The number of alkyl halides is 2. The van der Waals surface area contributed by atoms with Crippen LogP contribution in [0.3, 0.4) is 0 Å². The van der Waals surface area contributed by atoms with Gasteiger partial charge in [0.15, 0.2) is 17.5 Å². The molecular weight excluding hydrogens is 613 g/mol. The van der Waals surface area contributed by atoms with E-state index in [0.29, 0.717) is 49.2 Å². The molecule has 4 rings (SSSR count). The average Bonchev–Trinajstić information content (AvgIpc) is 2.90. The van der Waals surface area contributed by atoms with Crippen LogP contribution in [-0.4, -0.2) is 6.61 Å². The van der Waals surface area contributed by atoms with E-state index >= 15 is 0 Å². The van der Waals surface area contributed by atoms with Crippen molar-refractivity contribution in [2.45, 2.75) is 25.9 Å². The van der Waals surface area contributed by atoms with Crippen LogP contribution in [0.25, 0.3) is 11.1 Å². The second-order valence-corrected chi connectivity index (χ2v) is 9.16. The second-order valence-electron chi connectivity index (χ2n) is 9.16. The third-order valence-electron chi connectivity index (χ3n) is 5.98. The summed E-state index contributed by atoms with van der Waals surface area (Å²) in [5, 5.41) is 0. The first kappa shape index (κ1) is 32.2. The van der Waals surface area contributed by atoms with Gasteiger partial charge in [-0.05, 0) is 36.2 Å². The highest BCUT2D eigenvalue weighted by atomic mass is 19.3. The highest BCUT2D eigenvalue weighted by Gasteiger charge is 2.41. The Morgan fingerprint density at radius 2 is 1.14 bits per heavy atom. The summed E-state index contributed by atoms with van der Waals surface area (Å²) in [6.45, 7) is 1.90. The van der Waals surface area contributed by atoms with E-state index in [2.05, 4.69) is 4.74 Å². The van der Waals surface area contributed by atoms with E-state index in [0.717, 1.165) is 0 Å². The zero-order chi connectivity index (χ0) is 32.3. The van der Waals surface area contributed by atoms with E-state index in [1.54, 1.807) is 0 Å².